The molecule has 57 heavy (non-hydrogen) atoms. The minimum atomic E-state index is -4.44. The Morgan fingerprint density at radius 3 is 2.12 bits per heavy atom. The van der Waals surface area contributed by atoms with Gasteiger partial charge in [0.25, 0.3) is 32.1 Å². The van der Waals surface area contributed by atoms with Crippen molar-refractivity contribution in [2.24, 2.45) is 0 Å². The third-order valence-electron chi connectivity index (χ3n) is 11.1. The van der Waals surface area contributed by atoms with Crippen molar-refractivity contribution in [3.8, 4) is 0 Å². The van der Waals surface area contributed by atoms with Gasteiger partial charge in [0.15, 0.2) is 5.71 Å². The second kappa shape index (κ2) is 15.8. The summed E-state index contributed by atoms with van der Waals surface area (Å²) in [6.07, 6.45) is 8.69. The van der Waals surface area contributed by atoms with Gasteiger partial charge < -0.3 is 10.0 Å². The zero-order valence-corrected chi connectivity index (χ0v) is 34.1. The molecule has 0 spiro atoms. The van der Waals surface area contributed by atoms with Crippen LogP contribution in [-0.4, -0.2) is 82.9 Å². The van der Waals surface area contributed by atoms with Crippen molar-refractivity contribution >= 4 is 55.1 Å². The molecule has 3 aromatic carbocycles. The van der Waals surface area contributed by atoms with Gasteiger partial charge in [0, 0.05) is 53.9 Å². The highest BCUT2D eigenvalue weighted by Gasteiger charge is 2.45. The monoisotopic (exact) mass is 818 g/mol. The maximum atomic E-state index is 13.2. The molecule has 0 saturated carbocycles. The predicted octanol–water partition coefficient (Wildman–Crippen LogP) is 6.66. The van der Waals surface area contributed by atoms with Gasteiger partial charge in [0.1, 0.15) is 6.54 Å². The second-order valence-corrected chi connectivity index (χ2v) is 18.8. The zero-order chi connectivity index (χ0) is 41.5. The molecule has 2 amide bonds. The van der Waals surface area contributed by atoms with Gasteiger partial charge in [-0.15, -0.1) is 0 Å². The molecule has 13 nitrogen and oxygen atoms in total. The smallest absolute Gasteiger partial charge is 0.303 e. The van der Waals surface area contributed by atoms with Gasteiger partial charge in [-0.25, -0.2) is 0 Å². The molecule has 3 aliphatic heterocycles. The molecular formula is C42H48N3O10S2+. The van der Waals surface area contributed by atoms with E-state index in [-0.39, 0.29) is 36.1 Å². The number of fused-ring (bicyclic) bond motifs is 3. The van der Waals surface area contributed by atoms with Crippen LogP contribution in [0.25, 0.3) is 0 Å². The largest absolute Gasteiger partial charge is 0.481 e. The Hall–Kier alpha value is -4.96. The average molecular weight is 819 g/mol. The third-order valence-corrected chi connectivity index (χ3v) is 12.8. The van der Waals surface area contributed by atoms with Crippen LogP contribution in [0.5, 0.6) is 0 Å². The molecule has 0 radical (unpaired) electrons. The van der Waals surface area contributed by atoms with E-state index < -0.39 is 42.8 Å². The highest BCUT2D eigenvalue weighted by Crippen LogP contribution is 2.49. The van der Waals surface area contributed by atoms with Gasteiger partial charge in [-0.05, 0) is 80.6 Å². The van der Waals surface area contributed by atoms with Gasteiger partial charge in [-0.2, -0.15) is 21.4 Å². The Bertz CT molecular complexity index is 2430. The molecule has 15 heteroatoms. The second-order valence-electron chi connectivity index (χ2n) is 15.8. The van der Waals surface area contributed by atoms with E-state index in [0.29, 0.717) is 49.9 Å². The number of benzene rings is 3. The molecule has 3 N–H and O–H groups in total. The van der Waals surface area contributed by atoms with Crippen LogP contribution in [0, 0.1) is 0 Å². The molecule has 0 unspecified atom stereocenters. The molecule has 3 aromatic rings. The van der Waals surface area contributed by atoms with E-state index in [1.54, 1.807) is 30.3 Å². The van der Waals surface area contributed by atoms with E-state index >= 15 is 0 Å². The fraction of sp³-hybridized carbons (Fsp3) is 0.381. The van der Waals surface area contributed by atoms with Crippen LogP contribution in [0.15, 0.2) is 89.5 Å². The number of unbranched alkanes of at least 4 members (excludes halogenated alkanes) is 2. The van der Waals surface area contributed by atoms with E-state index in [0.717, 1.165) is 39.5 Å². The van der Waals surface area contributed by atoms with Crippen LogP contribution in [0.2, 0.25) is 0 Å². The number of imide groups is 1. The Labute approximate surface area is 333 Å². The Balaban J connectivity index is 1.29. The van der Waals surface area contributed by atoms with Gasteiger partial charge in [0.2, 0.25) is 5.69 Å². The summed E-state index contributed by atoms with van der Waals surface area (Å²) in [5, 5.41) is 9.08. The van der Waals surface area contributed by atoms with Crippen molar-refractivity contribution < 1.29 is 50.0 Å². The number of hydrogen-bond donors (Lipinski definition) is 3. The van der Waals surface area contributed by atoms with Gasteiger partial charge >= 0.3 is 5.97 Å². The quantitative estimate of drug-likeness (QED) is 0.0607. The molecule has 3 heterocycles. The Morgan fingerprint density at radius 2 is 1.49 bits per heavy atom. The van der Waals surface area contributed by atoms with Crippen LogP contribution < -0.4 is 4.90 Å². The fourth-order valence-electron chi connectivity index (χ4n) is 8.24. The maximum Gasteiger partial charge on any atom is 0.303 e. The van der Waals surface area contributed by atoms with Gasteiger partial charge in [-0.1, -0.05) is 50.6 Å². The number of carbonyl (C=O) groups is 3. The minimum Gasteiger partial charge on any atom is -0.481 e. The molecule has 3 aliphatic rings. The van der Waals surface area contributed by atoms with E-state index in [4.69, 9.17) is 5.11 Å². The fourth-order valence-corrected chi connectivity index (χ4v) is 9.24. The summed E-state index contributed by atoms with van der Waals surface area (Å²) in [6, 6.07) is 17.0. The normalized spacial score (nSPS) is 17.9. The Kier molecular flexibility index (Phi) is 11.5. The van der Waals surface area contributed by atoms with Crippen LogP contribution >= 0.6 is 0 Å². The number of allylic oxidation sites excluding steroid dienone is 4. The van der Waals surface area contributed by atoms with Crippen molar-refractivity contribution in [1.29, 1.82) is 0 Å². The van der Waals surface area contributed by atoms with Crippen LogP contribution in [-0.2, 0) is 42.4 Å². The first-order chi connectivity index (χ1) is 26.7. The van der Waals surface area contributed by atoms with Crippen LogP contribution in [0.4, 0.5) is 11.4 Å². The molecular weight excluding hydrogens is 771 g/mol. The standard InChI is InChI=1S/C42H47N3O10S2/c1-41(2)32-25-28(27-45-39(48)30-13-7-8-14-31(30)40(45)49)18-20-34(32)44(23-12-24-56(50,51)52)36(41)15-9-10-16-37-42(3,4)33-26-29(57(53,54)55)19-21-35(33)43(37)22-11-5-6-17-38(46)47/h7-9,13-16,18-21,25-26H,5-6,10-12,17,22-24,27H2,1-4H3,(H2-,46,47,50,51,52,53,54,55)/p+1/b15-9+,37-16-. The molecule has 0 atom stereocenters. The van der Waals surface area contributed by atoms with Crippen LogP contribution in [0.1, 0.15) is 104 Å². The average Bonchev–Trinajstić information content (AvgIpc) is 3.59. The number of carboxylic acid groups (broad SMARTS) is 1. The summed E-state index contributed by atoms with van der Waals surface area (Å²) in [5.41, 5.74) is 5.39. The van der Waals surface area contributed by atoms with Crippen molar-refractivity contribution in [2.75, 3.05) is 23.7 Å². The summed E-state index contributed by atoms with van der Waals surface area (Å²) >= 11 is 0. The molecule has 0 bridgehead atoms. The SMILES string of the molecule is CC1(C)C(/C=C/C/C=C2\N(CCCCCC(=O)O)c3ccc(S(=O)(=O)O)cc3C2(C)C)=[N+](CCCS(=O)(=O)O)c2ccc(CN3C(=O)c4ccccc4C3=O)cc21. The number of anilines is 1. The number of carboxylic acids is 1. The topological polar surface area (TPSA) is 190 Å². The lowest BCUT2D eigenvalue weighted by Crippen LogP contribution is -2.30. The molecule has 0 saturated heterocycles. The summed E-state index contributed by atoms with van der Waals surface area (Å²) in [4.78, 5) is 40.5. The van der Waals surface area contributed by atoms with Crippen molar-refractivity contribution in [2.45, 2.75) is 88.5 Å². The predicted molar refractivity (Wildman–Crippen MR) is 216 cm³/mol. The number of carbonyl (C=O) groups excluding carboxylic acids is 2. The van der Waals surface area contributed by atoms with Gasteiger partial charge in [0.05, 0.1) is 33.7 Å². The number of amides is 2. The molecule has 6 rings (SSSR count). The maximum absolute atomic E-state index is 13.2. The molecule has 0 aromatic heterocycles. The van der Waals surface area contributed by atoms with Crippen LogP contribution in [0.3, 0.4) is 0 Å². The van der Waals surface area contributed by atoms with Crippen molar-refractivity contribution in [3.63, 3.8) is 0 Å². The molecule has 0 fully saturated rings. The van der Waals surface area contributed by atoms with E-state index in [1.807, 2.05) is 62.6 Å². The van der Waals surface area contributed by atoms with E-state index in [1.165, 1.54) is 17.0 Å². The summed E-state index contributed by atoms with van der Waals surface area (Å²) < 4.78 is 68.8. The number of hydrogen-bond acceptors (Lipinski definition) is 8. The summed E-state index contributed by atoms with van der Waals surface area (Å²) in [6.45, 7) is 9.02. The summed E-state index contributed by atoms with van der Waals surface area (Å²) in [7, 11) is -8.64. The lowest BCUT2D eigenvalue weighted by molar-refractivity contribution is -0.437. The zero-order valence-electron chi connectivity index (χ0n) is 32.4. The first-order valence-corrected chi connectivity index (χ1v) is 21.9. The highest BCUT2D eigenvalue weighted by molar-refractivity contribution is 7.86. The van der Waals surface area contributed by atoms with E-state index in [2.05, 4.69) is 11.0 Å². The number of nitrogens with zero attached hydrogens (tertiary/aromatic N) is 3. The third kappa shape index (κ3) is 8.52. The number of rotatable bonds is 16. The number of aliphatic carboxylic acids is 1. The van der Waals surface area contributed by atoms with Crippen molar-refractivity contribution in [3.05, 3.63) is 112 Å². The molecule has 0 aliphatic carbocycles. The van der Waals surface area contributed by atoms with Gasteiger partial charge in [-0.3, -0.25) is 28.4 Å². The molecule has 302 valence electrons. The first-order valence-electron chi connectivity index (χ1n) is 18.9. The minimum absolute atomic E-state index is 0.0765. The summed E-state index contributed by atoms with van der Waals surface area (Å²) in [5.74, 6) is -1.97. The van der Waals surface area contributed by atoms with E-state index in [9.17, 15) is 40.3 Å². The Morgan fingerprint density at radius 1 is 0.807 bits per heavy atom. The highest BCUT2D eigenvalue weighted by atomic mass is 32.2. The lowest BCUT2D eigenvalue weighted by atomic mass is 9.80. The lowest BCUT2D eigenvalue weighted by Gasteiger charge is -2.27. The van der Waals surface area contributed by atoms with Crippen molar-refractivity contribution in [1.82, 2.24) is 4.90 Å². The first kappa shape index (κ1) is 41.7.